The monoisotopic (exact) mass is 382 g/mol. The lowest BCUT2D eigenvalue weighted by Crippen LogP contribution is -2.35. The summed E-state index contributed by atoms with van der Waals surface area (Å²) in [5.41, 5.74) is 1.50. The minimum atomic E-state index is -1.04. The van der Waals surface area contributed by atoms with Crippen LogP contribution in [0.4, 0.5) is 0 Å². The maximum atomic E-state index is 12.6. The van der Waals surface area contributed by atoms with Crippen LogP contribution in [-0.2, 0) is 11.3 Å². The molecule has 1 N–H and O–H groups in total. The third kappa shape index (κ3) is 4.14. The van der Waals surface area contributed by atoms with Crippen molar-refractivity contribution in [2.75, 3.05) is 6.54 Å². The zero-order valence-electron chi connectivity index (χ0n) is 12.2. The molecule has 1 aromatic carbocycles. The first-order chi connectivity index (χ1) is 10.4. The van der Waals surface area contributed by atoms with Crippen LogP contribution < -0.4 is 0 Å². The summed E-state index contributed by atoms with van der Waals surface area (Å²) < 4.78 is 0.887. The summed E-state index contributed by atoms with van der Waals surface area (Å²) >= 11 is 4.66. The maximum absolute atomic E-state index is 12.6. The van der Waals surface area contributed by atoms with Gasteiger partial charge in [0.25, 0.3) is 5.91 Å². The Morgan fingerprint density at radius 3 is 2.64 bits per heavy atom. The van der Waals surface area contributed by atoms with Crippen molar-refractivity contribution in [3.63, 3.8) is 0 Å². The third-order valence-electron chi connectivity index (χ3n) is 2.97. The molecular weight excluding hydrogens is 368 g/mol. The number of carbonyl (C=O) groups excluding carboxylic acids is 1. The average Bonchev–Trinajstić information content (AvgIpc) is 2.75. The van der Waals surface area contributed by atoms with Crippen molar-refractivity contribution in [3.05, 3.63) is 49.9 Å². The summed E-state index contributed by atoms with van der Waals surface area (Å²) in [5.74, 6) is -1.34. The van der Waals surface area contributed by atoms with Gasteiger partial charge >= 0.3 is 5.97 Å². The highest BCUT2D eigenvalue weighted by Crippen LogP contribution is 2.21. The molecule has 7 heteroatoms. The van der Waals surface area contributed by atoms with Crippen LogP contribution in [0.15, 0.2) is 28.7 Å². The molecule has 0 radical (unpaired) electrons. The minimum Gasteiger partial charge on any atom is -0.480 e. The topological polar surface area (TPSA) is 70.5 Å². The van der Waals surface area contributed by atoms with E-state index < -0.39 is 5.97 Å². The molecule has 0 aliphatic carbocycles. The van der Waals surface area contributed by atoms with Gasteiger partial charge in [0.05, 0.1) is 10.7 Å². The molecule has 0 aliphatic heterocycles. The molecule has 1 aromatic heterocycles. The van der Waals surface area contributed by atoms with Gasteiger partial charge in [0.15, 0.2) is 0 Å². The summed E-state index contributed by atoms with van der Waals surface area (Å²) in [6.45, 7) is 3.47. The number of carbonyl (C=O) groups is 2. The molecule has 2 aromatic rings. The Morgan fingerprint density at radius 2 is 2.09 bits per heavy atom. The molecule has 0 atom stereocenters. The lowest BCUT2D eigenvalue weighted by atomic mass is 10.2. The molecule has 0 aliphatic rings. The van der Waals surface area contributed by atoms with Crippen molar-refractivity contribution in [2.24, 2.45) is 0 Å². The van der Waals surface area contributed by atoms with Gasteiger partial charge in [0, 0.05) is 11.0 Å². The molecule has 0 saturated heterocycles. The summed E-state index contributed by atoms with van der Waals surface area (Å²) in [5, 5.41) is 9.86. The van der Waals surface area contributed by atoms with Gasteiger partial charge in [-0.3, -0.25) is 9.59 Å². The lowest BCUT2D eigenvalue weighted by Gasteiger charge is -2.20. The van der Waals surface area contributed by atoms with E-state index in [4.69, 9.17) is 5.11 Å². The van der Waals surface area contributed by atoms with Crippen molar-refractivity contribution in [2.45, 2.75) is 20.4 Å². The Bertz CT molecular complexity index is 715. The molecule has 1 heterocycles. The van der Waals surface area contributed by atoms with Crippen LogP contribution in [0.5, 0.6) is 0 Å². The predicted octanol–water partition coefficient (Wildman–Crippen LogP) is 3.25. The molecule has 0 fully saturated rings. The van der Waals surface area contributed by atoms with Gasteiger partial charge < -0.3 is 10.0 Å². The standard InChI is InChI=1S/C15H15BrN2O3S/c1-9-14(22-10(2)17-9)15(21)18(8-13(19)20)7-11-4-3-5-12(16)6-11/h3-6H,7-8H2,1-2H3,(H,19,20). The number of aromatic nitrogens is 1. The summed E-state index contributed by atoms with van der Waals surface area (Å²) in [6, 6.07) is 7.46. The van der Waals surface area contributed by atoms with Gasteiger partial charge in [-0.25, -0.2) is 4.98 Å². The van der Waals surface area contributed by atoms with E-state index in [2.05, 4.69) is 20.9 Å². The van der Waals surface area contributed by atoms with E-state index in [1.165, 1.54) is 16.2 Å². The zero-order chi connectivity index (χ0) is 16.3. The Balaban J connectivity index is 2.27. The van der Waals surface area contributed by atoms with Gasteiger partial charge in [-0.05, 0) is 31.5 Å². The number of benzene rings is 1. The van der Waals surface area contributed by atoms with Crippen LogP contribution in [0.25, 0.3) is 0 Å². The third-order valence-corrected chi connectivity index (χ3v) is 4.53. The predicted molar refractivity (Wildman–Crippen MR) is 88.1 cm³/mol. The van der Waals surface area contributed by atoms with Gasteiger partial charge in [-0.2, -0.15) is 0 Å². The Morgan fingerprint density at radius 1 is 1.36 bits per heavy atom. The number of rotatable bonds is 5. The Labute approximate surface area is 140 Å². The van der Waals surface area contributed by atoms with Crippen molar-refractivity contribution < 1.29 is 14.7 Å². The van der Waals surface area contributed by atoms with Crippen molar-refractivity contribution in [1.29, 1.82) is 0 Å². The number of carboxylic acids is 1. The first-order valence-corrected chi connectivity index (χ1v) is 8.17. The fourth-order valence-corrected chi connectivity index (χ4v) is 3.43. The highest BCUT2D eigenvalue weighted by molar-refractivity contribution is 9.10. The van der Waals surface area contributed by atoms with Crippen molar-refractivity contribution >= 4 is 39.1 Å². The smallest absolute Gasteiger partial charge is 0.323 e. The summed E-state index contributed by atoms with van der Waals surface area (Å²) in [7, 11) is 0. The first kappa shape index (κ1) is 16.6. The largest absolute Gasteiger partial charge is 0.480 e. The van der Waals surface area contributed by atoms with Gasteiger partial charge in [-0.1, -0.05) is 28.1 Å². The van der Waals surface area contributed by atoms with E-state index in [0.29, 0.717) is 10.6 Å². The Hall–Kier alpha value is -1.73. The van der Waals surface area contributed by atoms with Crippen LogP contribution in [0.1, 0.15) is 25.9 Å². The highest BCUT2D eigenvalue weighted by Gasteiger charge is 2.23. The minimum absolute atomic E-state index is 0.237. The van der Waals surface area contributed by atoms with Crippen LogP contribution >= 0.6 is 27.3 Å². The maximum Gasteiger partial charge on any atom is 0.323 e. The molecule has 5 nitrogen and oxygen atoms in total. The van der Waals surface area contributed by atoms with Crippen molar-refractivity contribution in [3.8, 4) is 0 Å². The van der Waals surface area contributed by atoms with E-state index in [1.54, 1.807) is 6.92 Å². The second kappa shape index (κ2) is 7.02. The molecule has 1 amide bonds. The fourth-order valence-electron chi connectivity index (χ4n) is 2.09. The van der Waals surface area contributed by atoms with E-state index in [-0.39, 0.29) is 19.0 Å². The van der Waals surface area contributed by atoms with E-state index in [9.17, 15) is 9.59 Å². The first-order valence-electron chi connectivity index (χ1n) is 6.56. The number of hydrogen-bond acceptors (Lipinski definition) is 4. The van der Waals surface area contributed by atoms with Gasteiger partial charge in [-0.15, -0.1) is 11.3 Å². The number of aryl methyl sites for hydroxylation is 2. The normalized spacial score (nSPS) is 10.5. The van der Waals surface area contributed by atoms with Crippen molar-refractivity contribution in [1.82, 2.24) is 9.88 Å². The number of aliphatic carboxylic acids is 1. The summed E-state index contributed by atoms with van der Waals surface area (Å²) in [6.07, 6.45) is 0. The molecule has 0 spiro atoms. The Kier molecular flexibility index (Phi) is 5.31. The number of carboxylic acid groups (broad SMARTS) is 1. The quantitative estimate of drug-likeness (QED) is 0.861. The number of hydrogen-bond donors (Lipinski definition) is 1. The second-order valence-corrected chi connectivity index (χ2v) is 6.95. The van der Waals surface area contributed by atoms with Crippen LogP contribution in [-0.4, -0.2) is 33.4 Å². The number of thiazole rings is 1. The molecular formula is C15H15BrN2O3S. The number of amides is 1. The van der Waals surface area contributed by atoms with E-state index in [1.807, 2.05) is 31.2 Å². The lowest BCUT2D eigenvalue weighted by molar-refractivity contribution is -0.137. The van der Waals surface area contributed by atoms with E-state index in [0.717, 1.165) is 15.0 Å². The zero-order valence-corrected chi connectivity index (χ0v) is 14.6. The van der Waals surface area contributed by atoms with Crippen LogP contribution in [0, 0.1) is 13.8 Å². The second-order valence-electron chi connectivity index (χ2n) is 4.83. The average molecular weight is 383 g/mol. The molecule has 0 saturated carbocycles. The SMILES string of the molecule is Cc1nc(C)c(C(=O)N(CC(=O)O)Cc2cccc(Br)c2)s1. The molecule has 22 heavy (non-hydrogen) atoms. The highest BCUT2D eigenvalue weighted by atomic mass is 79.9. The van der Waals surface area contributed by atoms with Gasteiger partial charge in [0.1, 0.15) is 11.4 Å². The number of nitrogens with zero attached hydrogens (tertiary/aromatic N) is 2. The molecule has 0 bridgehead atoms. The number of halogens is 1. The fraction of sp³-hybridized carbons (Fsp3) is 0.267. The van der Waals surface area contributed by atoms with Crippen LogP contribution in [0.2, 0.25) is 0 Å². The molecule has 116 valence electrons. The van der Waals surface area contributed by atoms with Gasteiger partial charge in [0.2, 0.25) is 0 Å². The molecule has 0 unspecified atom stereocenters. The summed E-state index contributed by atoms with van der Waals surface area (Å²) in [4.78, 5) is 29.8. The van der Waals surface area contributed by atoms with Crippen LogP contribution in [0.3, 0.4) is 0 Å². The van der Waals surface area contributed by atoms with E-state index >= 15 is 0 Å². The molecule has 2 rings (SSSR count).